The smallest absolute Gasteiger partial charge is 0.219 e. The first-order chi connectivity index (χ1) is 18.1. The van der Waals surface area contributed by atoms with Gasteiger partial charge in [-0.15, -0.1) is 10.2 Å². The minimum atomic E-state index is -0.678. The predicted octanol–water partition coefficient (Wildman–Crippen LogP) is 6.01. The Morgan fingerprint density at radius 1 is 1.26 bits per heavy atom. The van der Waals surface area contributed by atoms with Crippen molar-refractivity contribution < 1.29 is 14.0 Å². The number of nitrogens with two attached hydrogens (primary N) is 1. The van der Waals surface area contributed by atoms with E-state index in [1.54, 1.807) is 35.2 Å². The van der Waals surface area contributed by atoms with Gasteiger partial charge in [-0.1, -0.05) is 48.5 Å². The molecule has 3 aromatic rings. The molecule has 1 aromatic carbocycles. The van der Waals surface area contributed by atoms with E-state index in [-0.39, 0.29) is 34.1 Å². The van der Waals surface area contributed by atoms with Crippen molar-refractivity contribution in [1.29, 1.82) is 5.26 Å². The van der Waals surface area contributed by atoms with E-state index in [4.69, 9.17) is 21.8 Å². The third-order valence-electron chi connectivity index (χ3n) is 6.51. The third kappa shape index (κ3) is 4.89. The van der Waals surface area contributed by atoms with Crippen LogP contribution in [0.1, 0.15) is 54.5 Å². The highest BCUT2D eigenvalue weighted by atomic mass is 35.5. The summed E-state index contributed by atoms with van der Waals surface area (Å²) >= 11 is 8.44. The van der Waals surface area contributed by atoms with Crippen LogP contribution in [-0.2, 0) is 4.79 Å². The Morgan fingerprint density at radius 3 is 2.66 bits per heavy atom. The maximum absolute atomic E-state index is 13.5. The minimum Gasteiger partial charge on any atom is -0.465 e. The van der Waals surface area contributed by atoms with Gasteiger partial charge in [-0.25, -0.2) is 0 Å². The van der Waals surface area contributed by atoms with Gasteiger partial charge in [-0.05, 0) is 55.2 Å². The lowest BCUT2D eigenvalue weighted by atomic mass is 9.69. The summed E-state index contributed by atoms with van der Waals surface area (Å²) in [7, 11) is 0. The van der Waals surface area contributed by atoms with Crippen LogP contribution in [0, 0.1) is 23.7 Å². The third-order valence-corrected chi connectivity index (χ3v) is 8.80. The number of nitrogens with zero attached hydrogens (tertiary/aromatic N) is 4. The molecule has 2 aliphatic rings. The van der Waals surface area contributed by atoms with Crippen LogP contribution in [-0.4, -0.2) is 27.5 Å². The monoisotopic (exact) mass is 565 g/mol. The molecular weight excluding hydrogens is 542 g/mol. The Kier molecular flexibility index (Phi) is 6.94. The molecule has 11 heteroatoms. The fourth-order valence-corrected chi connectivity index (χ4v) is 6.72. The molecular formula is C27H24ClN5O3S2. The van der Waals surface area contributed by atoms with Crippen molar-refractivity contribution in [2.45, 2.75) is 43.9 Å². The van der Waals surface area contributed by atoms with Gasteiger partial charge < -0.3 is 10.2 Å². The average Bonchev–Trinajstić information content (AvgIpc) is 3.50. The van der Waals surface area contributed by atoms with Crippen molar-refractivity contribution in [2.75, 3.05) is 10.7 Å². The van der Waals surface area contributed by atoms with Crippen molar-refractivity contribution in [3.05, 3.63) is 81.2 Å². The highest BCUT2D eigenvalue weighted by Crippen LogP contribution is 2.51. The SMILES string of the molecule is Cc1ccc(C2C(C#N)=C(N)N(c3nnc(SCC(=O)c4ccc(Cl)cc4)s3)C3=C2C(=O)CC(C)(C)C3)o1. The number of rotatable bonds is 6. The molecule has 2 N–H and O–H groups in total. The summed E-state index contributed by atoms with van der Waals surface area (Å²) in [5.41, 5.74) is 8.31. The Hall–Kier alpha value is -3.39. The molecule has 1 aliphatic heterocycles. The second kappa shape index (κ2) is 10.1. The number of nitriles is 1. The van der Waals surface area contributed by atoms with Crippen LogP contribution in [0.25, 0.3) is 0 Å². The van der Waals surface area contributed by atoms with E-state index in [9.17, 15) is 14.9 Å². The van der Waals surface area contributed by atoms with Gasteiger partial charge in [0.25, 0.3) is 0 Å². The van der Waals surface area contributed by atoms with E-state index in [1.807, 2.05) is 26.8 Å². The molecule has 0 spiro atoms. The van der Waals surface area contributed by atoms with E-state index < -0.39 is 5.92 Å². The first-order valence-electron chi connectivity index (χ1n) is 11.9. The summed E-state index contributed by atoms with van der Waals surface area (Å²) in [6, 6.07) is 12.5. The maximum Gasteiger partial charge on any atom is 0.219 e. The lowest BCUT2D eigenvalue weighted by Gasteiger charge is -2.42. The molecule has 0 saturated carbocycles. The molecule has 8 nitrogen and oxygen atoms in total. The van der Waals surface area contributed by atoms with Crippen LogP contribution in [0.2, 0.25) is 5.02 Å². The van der Waals surface area contributed by atoms with Crippen molar-refractivity contribution in [2.24, 2.45) is 11.1 Å². The number of halogens is 1. The number of aromatic nitrogens is 2. The van der Waals surface area contributed by atoms with E-state index in [0.717, 1.165) is 0 Å². The number of hydrogen-bond acceptors (Lipinski definition) is 10. The van der Waals surface area contributed by atoms with Gasteiger partial charge in [-0.3, -0.25) is 14.5 Å². The highest BCUT2D eigenvalue weighted by molar-refractivity contribution is 8.01. The zero-order valence-corrected chi connectivity index (χ0v) is 23.3. The largest absolute Gasteiger partial charge is 0.465 e. The van der Waals surface area contributed by atoms with Crippen molar-refractivity contribution in [1.82, 2.24) is 10.2 Å². The summed E-state index contributed by atoms with van der Waals surface area (Å²) in [6.45, 7) is 5.88. The van der Waals surface area contributed by atoms with Crippen LogP contribution >= 0.6 is 34.7 Å². The van der Waals surface area contributed by atoms with Gasteiger partial charge in [-0.2, -0.15) is 5.26 Å². The number of furan rings is 1. The number of hydrogen-bond donors (Lipinski definition) is 1. The van der Waals surface area contributed by atoms with E-state index >= 15 is 0 Å². The Bertz CT molecular complexity index is 1540. The van der Waals surface area contributed by atoms with Gasteiger partial charge in [0.05, 0.1) is 23.3 Å². The van der Waals surface area contributed by atoms with Gasteiger partial charge in [0.2, 0.25) is 5.13 Å². The summed E-state index contributed by atoms with van der Waals surface area (Å²) in [5, 5.41) is 19.7. The molecule has 5 rings (SSSR count). The summed E-state index contributed by atoms with van der Waals surface area (Å²) in [5.74, 6) is 0.772. The summed E-state index contributed by atoms with van der Waals surface area (Å²) < 4.78 is 6.45. The number of ketones is 2. The summed E-state index contributed by atoms with van der Waals surface area (Å²) in [6.07, 6.45) is 0.902. The molecule has 38 heavy (non-hydrogen) atoms. The molecule has 0 radical (unpaired) electrons. The first kappa shape index (κ1) is 26.2. The van der Waals surface area contributed by atoms with Crippen LogP contribution in [0.5, 0.6) is 0 Å². The number of aryl methyl sites for hydroxylation is 1. The van der Waals surface area contributed by atoms with Crippen molar-refractivity contribution in [3.63, 3.8) is 0 Å². The standard InChI is InChI=1S/C27H24ClN5O3S2/c1-14-4-9-21(36-14)22-17(12-29)24(30)33(18-10-27(2,3)11-19(34)23(18)22)25-31-32-26(38-25)37-13-20(35)15-5-7-16(28)8-6-15/h4-9,22H,10-11,13,30H2,1-3H3. The zero-order valence-electron chi connectivity index (χ0n) is 20.9. The number of benzene rings is 1. The molecule has 0 amide bonds. The molecule has 1 atom stereocenters. The Morgan fingerprint density at radius 2 is 2.00 bits per heavy atom. The second-order valence-electron chi connectivity index (χ2n) is 10.00. The molecule has 3 heterocycles. The van der Waals surface area contributed by atoms with E-state index in [2.05, 4.69) is 16.3 Å². The molecule has 0 fully saturated rings. The number of thioether (sulfide) groups is 1. The molecule has 0 bridgehead atoms. The highest BCUT2D eigenvalue weighted by Gasteiger charge is 2.46. The van der Waals surface area contributed by atoms with E-state index in [0.29, 0.717) is 55.7 Å². The molecule has 194 valence electrons. The van der Waals surface area contributed by atoms with Crippen LogP contribution in [0.4, 0.5) is 5.13 Å². The quantitative estimate of drug-likeness (QED) is 0.282. The molecule has 1 unspecified atom stereocenters. The van der Waals surface area contributed by atoms with Gasteiger partial charge >= 0.3 is 0 Å². The normalized spacial score (nSPS) is 19.0. The summed E-state index contributed by atoms with van der Waals surface area (Å²) in [4.78, 5) is 27.8. The molecule has 0 saturated heterocycles. The van der Waals surface area contributed by atoms with Crippen molar-refractivity contribution in [3.8, 4) is 6.07 Å². The average molecular weight is 566 g/mol. The Balaban J connectivity index is 1.50. The fourth-order valence-electron chi connectivity index (χ4n) is 4.82. The second-order valence-corrected chi connectivity index (χ2v) is 12.6. The number of allylic oxidation sites excluding steroid dienone is 3. The Labute approximate surface area is 233 Å². The number of anilines is 1. The van der Waals surface area contributed by atoms with Gasteiger partial charge in [0.1, 0.15) is 17.3 Å². The van der Waals surface area contributed by atoms with Crippen LogP contribution in [0.15, 0.2) is 67.8 Å². The minimum absolute atomic E-state index is 0.0479. The number of carbonyl (C=O) groups excluding carboxylic acids is 2. The molecule has 2 aromatic heterocycles. The van der Waals surface area contributed by atoms with Crippen molar-refractivity contribution >= 4 is 51.4 Å². The van der Waals surface area contributed by atoms with Crippen LogP contribution < -0.4 is 10.6 Å². The van der Waals surface area contributed by atoms with E-state index in [1.165, 1.54) is 23.1 Å². The zero-order chi connectivity index (χ0) is 27.2. The lowest BCUT2D eigenvalue weighted by Crippen LogP contribution is -2.42. The first-order valence-corrected chi connectivity index (χ1v) is 14.0. The molecule has 1 aliphatic carbocycles. The lowest BCUT2D eigenvalue weighted by molar-refractivity contribution is -0.118. The van der Waals surface area contributed by atoms with Crippen LogP contribution in [0.3, 0.4) is 0 Å². The van der Waals surface area contributed by atoms with Gasteiger partial charge in [0.15, 0.2) is 15.9 Å². The topological polar surface area (TPSA) is 126 Å². The predicted molar refractivity (Wildman–Crippen MR) is 147 cm³/mol. The fraction of sp³-hybridized carbons (Fsp3) is 0.296. The number of Topliss-reactive ketones (excluding diaryl/α,β-unsaturated/α-hetero) is 2. The van der Waals surface area contributed by atoms with Gasteiger partial charge in [0, 0.05) is 28.3 Å². The maximum atomic E-state index is 13.5. The number of carbonyl (C=O) groups is 2.